The molecule has 4 aromatic rings. The Labute approximate surface area is 177 Å². The van der Waals surface area contributed by atoms with Crippen LogP contribution in [-0.2, 0) is 0 Å². The molecular formula is C21H16Cl2N4O2. The number of nitrogens with zero attached hydrogens (tertiary/aromatic N) is 3. The van der Waals surface area contributed by atoms with Gasteiger partial charge in [-0.15, -0.1) is 0 Å². The average Bonchev–Trinajstić information content (AvgIpc) is 3.25. The van der Waals surface area contributed by atoms with Gasteiger partial charge in [0.1, 0.15) is 11.6 Å². The predicted octanol–water partition coefficient (Wildman–Crippen LogP) is 5.65. The molecule has 146 valence electrons. The van der Waals surface area contributed by atoms with Crippen LogP contribution in [0.3, 0.4) is 0 Å². The predicted molar refractivity (Wildman–Crippen MR) is 112 cm³/mol. The minimum Gasteiger partial charge on any atom is -0.476 e. The van der Waals surface area contributed by atoms with Crippen LogP contribution in [0.1, 0.15) is 17.6 Å². The maximum absolute atomic E-state index is 6.16. The molecule has 6 nitrogen and oxygen atoms in total. The monoisotopic (exact) mass is 426 g/mol. The Morgan fingerprint density at radius 3 is 2.59 bits per heavy atom. The highest BCUT2D eigenvalue weighted by atomic mass is 35.5. The smallest absolute Gasteiger partial charge is 0.272 e. The number of anilines is 1. The van der Waals surface area contributed by atoms with Gasteiger partial charge in [-0.05, 0) is 24.3 Å². The Balaban J connectivity index is 1.72. The topological polar surface area (TPSA) is 73.1 Å². The first-order valence-electron chi connectivity index (χ1n) is 8.79. The van der Waals surface area contributed by atoms with Crippen molar-refractivity contribution in [3.8, 4) is 17.1 Å². The van der Waals surface area contributed by atoms with Gasteiger partial charge in [0.25, 0.3) is 5.89 Å². The van der Waals surface area contributed by atoms with Crippen molar-refractivity contribution in [2.75, 3.05) is 12.4 Å². The van der Waals surface area contributed by atoms with Gasteiger partial charge in [0.05, 0.1) is 15.6 Å². The first-order valence-corrected chi connectivity index (χ1v) is 9.54. The molecule has 0 aliphatic rings. The van der Waals surface area contributed by atoms with E-state index in [9.17, 15) is 0 Å². The van der Waals surface area contributed by atoms with Crippen molar-refractivity contribution in [3.05, 3.63) is 88.4 Å². The summed E-state index contributed by atoms with van der Waals surface area (Å²) in [7, 11) is 1.78. The molecule has 2 aromatic heterocycles. The SMILES string of the molecule is CNc1ncccc1-c1noc(C(Oc2ccc(Cl)c(Cl)c2)c2ccccc2)n1. The molecule has 0 fully saturated rings. The van der Waals surface area contributed by atoms with Crippen LogP contribution < -0.4 is 10.1 Å². The van der Waals surface area contributed by atoms with E-state index < -0.39 is 6.10 Å². The van der Waals surface area contributed by atoms with Gasteiger partial charge in [-0.1, -0.05) is 58.7 Å². The molecule has 0 spiro atoms. The lowest BCUT2D eigenvalue weighted by molar-refractivity contribution is 0.193. The quantitative estimate of drug-likeness (QED) is 0.429. The number of halogens is 2. The summed E-state index contributed by atoms with van der Waals surface area (Å²) < 4.78 is 11.7. The lowest BCUT2D eigenvalue weighted by Gasteiger charge is -2.16. The number of pyridine rings is 1. The van der Waals surface area contributed by atoms with Crippen molar-refractivity contribution in [2.45, 2.75) is 6.10 Å². The Morgan fingerprint density at radius 2 is 1.83 bits per heavy atom. The van der Waals surface area contributed by atoms with Gasteiger partial charge in [0, 0.05) is 24.9 Å². The van der Waals surface area contributed by atoms with Crippen LogP contribution in [-0.4, -0.2) is 22.2 Å². The van der Waals surface area contributed by atoms with Crippen LogP contribution >= 0.6 is 23.2 Å². The van der Waals surface area contributed by atoms with Crippen LogP contribution in [0.5, 0.6) is 5.75 Å². The minimum atomic E-state index is -0.621. The summed E-state index contributed by atoms with van der Waals surface area (Å²) in [5.41, 5.74) is 1.58. The van der Waals surface area contributed by atoms with Crippen molar-refractivity contribution in [1.82, 2.24) is 15.1 Å². The van der Waals surface area contributed by atoms with E-state index >= 15 is 0 Å². The minimum absolute atomic E-state index is 0.308. The molecule has 0 saturated carbocycles. The zero-order valence-corrected chi connectivity index (χ0v) is 16.9. The van der Waals surface area contributed by atoms with Crippen LogP contribution in [0, 0.1) is 0 Å². The molecule has 4 rings (SSSR count). The van der Waals surface area contributed by atoms with E-state index in [1.54, 1.807) is 31.4 Å². The highest BCUT2D eigenvalue weighted by molar-refractivity contribution is 6.42. The van der Waals surface area contributed by atoms with E-state index in [4.69, 9.17) is 32.5 Å². The van der Waals surface area contributed by atoms with Gasteiger partial charge < -0.3 is 14.6 Å². The molecular weight excluding hydrogens is 411 g/mol. The fourth-order valence-corrected chi connectivity index (χ4v) is 3.10. The van der Waals surface area contributed by atoms with E-state index in [1.807, 2.05) is 42.5 Å². The van der Waals surface area contributed by atoms with Gasteiger partial charge in [-0.3, -0.25) is 0 Å². The highest BCUT2D eigenvalue weighted by Gasteiger charge is 2.24. The normalized spacial score (nSPS) is 11.8. The van der Waals surface area contributed by atoms with Gasteiger partial charge in [0.2, 0.25) is 11.9 Å². The summed E-state index contributed by atoms with van der Waals surface area (Å²) in [4.78, 5) is 8.84. The molecule has 0 saturated heterocycles. The van der Waals surface area contributed by atoms with Gasteiger partial charge in [-0.25, -0.2) is 4.98 Å². The number of aromatic nitrogens is 3. The van der Waals surface area contributed by atoms with Crippen LogP contribution in [0.15, 0.2) is 71.4 Å². The summed E-state index contributed by atoms with van der Waals surface area (Å²) in [5.74, 6) is 1.91. The number of nitrogens with one attached hydrogen (secondary N) is 1. The summed E-state index contributed by atoms with van der Waals surface area (Å²) in [6.45, 7) is 0. The number of hydrogen-bond acceptors (Lipinski definition) is 6. The average molecular weight is 427 g/mol. The zero-order valence-electron chi connectivity index (χ0n) is 15.3. The first kappa shape index (κ1) is 19.2. The molecule has 1 unspecified atom stereocenters. The van der Waals surface area contributed by atoms with Crippen LogP contribution in [0.2, 0.25) is 10.0 Å². The molecule has 29 heavy (non-hydrogen) atoms. The van der Waals surface area contributed by atoms with Crippen molar-refractivity contribution < 1.29 is 9.26 Å². The molecule has 0 radical (unpaired) electrons. The third-order valence-corrected chi connectivity index (χ3v) is 4.94. The number of rotatable bonds is 6. The summed E-state index contributed by atoms with van der Waals surface area (Å²) in [5, 5.41) is 8.00. The lowest BCUT2D eigenvalue weighted by atomic mass is 10.1. The first-order chi connectivity index (χ1) is 14.2. The lowest BCUT2D eigenvalue weighted by Crippen LogP contribution is -2.10. The van der Waals surface area contributed by atoms with Gasteiger partial charge in [0.15, 0.2) is 0 Å². The molecule has 8 heteroatoms. The zero-order chi connectivity index (χ0) is 20.2. The molecule has 2 aromatic carbocycles. The maximum atomic E-state index is 6.16. The second-order valence-corrected chi connectivity index (χ2v) is 6.90. The van der Waals surface area contributed by atoms with E-state index in [-0.39, 0.29) is 0 Å². The maximum Gasteiger partial charge on any atom is 0.272 e. The Morgan fingerprint density at radius 1 is 1.00 bits per heavy atom. The molecule has 0 aliphatic carbocycles. The third-order valence-electron chi connectivity index (χ3n) is 4.20. The highest BCUT2D eigenvalue weighted by Crippen LogP contribution is 2.33. The third kappa shape index (κ3) is 4.18. The largest absolute Gasteiger partial charge is 0.476 e. The van der Waals surface area contributed by atoms with Crippen molar-refractivity contribution >= 4 is 29.0 Å². The van der Waals surface area contributed by atoms with Crippen LogP contribution in [0.4, 0.5) is 5.82 Å². The Bertz CT molecular complexity index is 1120. The summed E-state index contributed by atoms with van der Waals surface area (Å²) in [6, 6.07) is 18.3. The summed E-state index contributed by atoms with van der Waals surface area (Å²) in [6.07, 6.45) is 1.07. The molecule has 0 bridgehead atoms. The van der Waals surface area contributed by atoms with E-state index in [2.05, 4.69) is 20.4 Å². The fraction of sp³-hybridized carbons (Fsp3) is 0.0952. The molecule has 0 aliphatic heterocycles. The molecule has 1 N–H and O–H groups in total. The van der Waals surface area contributed by atoms with Crippen molar-refractivity contribution in [1.29, 1.82) is 0 Å². The Kier molecular flexibility index (Phi) is 5.64. The summed E-state index contributed by atoms with van der Waals surface area (Å²) >= 11 is 12.1. The van der Waals surface area contributed by atoms with E-state index in [1.165, 1.54) is 0 Å². The molecule has 2 heterocycles. The number of ether oxygens (including phenoxy) is 1. The van der Waals surface area contributed by atoms with E-state index in [0.29, 0.717) is 33.3 Å². The second-order valence-electron chi connectivity index (χ2n) is 6.09. The Hall–Kier alpha value is -3.09. The van der Waals surface area contributed by atoms with Gasteiger partial charge in [-0.2, -0.15) is 4.98 Å². The molecule has 0 amide bonds. The number of benzene rings is 2. The molecule has 1 atom stereocenters. The van der Waals surface area contributed by atoms with Crippen molar-refractivity contribution in [3.63, 3.8) is 0 Å². The fourth-order valence-electron chi connectivity index (χ4n) is 2.81. The number of hydrogen-bond donors (Lipinski definition) is 1. The van der Waals surface area contributed by atoms with E-state index in [0.717, 1.165) is 11.1 Å². The van der Waals surface area contributed by atoms with Gasteiger partial charge >= 0.3 is 0 Å². The van der Waals surface area contributed by atoms with Crippen LogP contribution in [0.25, 0.3) is 11.4 Å². The second kappa shape index (κ2) is 8.51. The van der Waals surface area contributed by atoms with Crippen molar-refractivity contribution in [2.24, 2.45) is 0 Å². The standard InChI is InChI=1S/C21H16Cl2N4O2/c1-24-19-15(8-5-11-25-19)20-26-21(29-27-20)18(13-6-3-2-4-7-13)28-14-9-10-16(22)17(23)12-14/h2-12,18H,1H3,(H,24,25).